The number of carbonyl (C=O) groups is 1. The zero-order valence-electron chi connectivity index (χ0n) is 14.9. The number of phenolic OH excluding ortho intramolecular Hbond substituents is 1. The lowest BCUT2D eigenvalue weighted by Gasteiger charge is -2.17. The molecule has 1 aromatic heterocycles. The van der Waals surface area contributed by atoms with Gasteiger partial charge in [0.1, 0.15) is 5.75 Å². The van der Waals surface area contributed by atoms with Crippen LogP contribution < -0.4 is 5.32 Å². The molecule has 28 heavy (non-hydrogen) atoms. The molecule has 0 aliphatic heterocycles. The van der Waals surface area contributed by atoms with Gasteiger partial charge in [0.25, 0.3) is 5.91 Å². The summed E-state index contributed by atoms with van der Waals surface area (Å²) in [5.74, 6) is -0.740. The molecule has 0 aliphatic rings. The topological polar surface area (TPSA) is 54.3 Å². The molecule has 0 unspecified atom stereocenters. The Morgan fingerprint density at radius 3 is 2.46 bits per heavy atom. The molecule has 146 valence electrons. The van der Waals surface area contributed by atoms with Gasteiger partial charge in [0.2, 0.25) is 0 Å². The standard InChI is InChI=1S/C20H16ClF3N2O2/c1-11-9-14(19(28)25-16-10-13(21)7-8-18(16)27)12(2)26(11)17-6-4-3-5-15(17)20(22,23)24/h3-10,27H,1-2H3,(H,25,28). The zero-order chi connectivity index (χ0) is 20.6. The van der Waals surface area contributed by atoms with Crippen molar-refractivity contribution in [2.75, 3.05) is 5.32 Å². The number of nitrogens with zero attached hydrogens (tertiary/aromatic N) is 1. The Morgan fingerprint density at radius 2 is 1.79 bits per heavy atom. The van der Waals surface area contributed by atoms with Crippen LogP contribution in [0.3, 0.4) is 0 Å². The van der Waals surface area contributed by atoms with E-state index < -0.39 is 17.6 Å². The number of benzene rings is 2. The van der Waals surface area contributed by atoms with E-state index in [0.29, 0.717) is 16.4 Å². The van der Waals surface area contributed by atoms with Gasteiger partial charge in [-0.15, -0.1) is 0 Å². The lowest BCUT2D eigenvalue weighted by Crippen LogP contribution is -2.15. The molecule has 2 N–H and O–H groups in total. The number of aryl methyl sites for hydroxylation is 1. The number of carbonyl (C=O) groups excluding carboxylic acids is 1. The molecule has 0 saturated carbocycles. The summed E-state index contributed by atoms with van der Waals surface area (Å²) in [6.45, 7) is 3.18. The molecule has 4 nitrogen and oxygen atoms in total. The molecule has 0 bridgehead atoms. The molecule has 1 amide bonds. The molecule has 1 heterocycles. The number of hydrogen-bond donors (Lipinski definition) is 2. The van der Waals surface area contributed by atoms with Crippen molar-refractivity contribution in [2.45, 2.75) is 20.0 Å². The van der Waals surface area contributed by atoms with Crippen molar-refractivity contribution < 1.29 is 23.1 Å². The third-order valence-electron chi connectivity index (χ3n) is 4.33. The van der Waals surface area contributed by atoms with E-state index in [1.807, 2.05) is 0 Å². The van der Waals surface area contributed by atoms with Crippen molar-refractivity contribution in [1.82, 2.24) is 4.57 Å². The smallest absolute Gasteiger partial charge is 0.418 e. The van der Waals surface area contributed by atoms with Gasteiger partial charge in [0.05, 0.1) is 22.5 Å². The number of rotatable bonds is 3. The van der Waals surface area contributed by atoms with Crippen LogP contribution in [0, 0.1) is 13.8 Å². The van der Waals surface area contributed by atoms with Crippen molar-refractivity contribution in [3.63, 3.8) is 0 Å². The van der Waals surface area contributed by atoms with E-state index in [-0.39, 0.29) is 22.7 Å². The van der Waals surface area contributed by atoms with Crippen molar-refractivity contribution in [3.8, 4) is 11.4 Å². The van der Waals surface area contributed by atoms with Crippen molar-refractivity contribution in [3.05, 3.63) is 76.1 Å². The fourth-order valence-electron chi connectivity index (χ4n) is 3.07. The normalized spacial score (nSPS) is 11.5. The first-order chi connectivity index (χ1) is 13.1. The summed E-state index contributed by atoms with van der Waals surface area (Å²) < 4.78 is 41.6. The number of nitrogens with one attached hydrogen (secondary N) is 1. The quantitative estimate of drug-likeness (QED) is 0.544. The van der Waals surface area contributed by atoms with Gasteiger partial charge in [-0.3, -0.25) is 4.79 Å². The van der Waals surface area contributed by atoms with Crippen LogP contribution in [0.1, 0.15) is 27.3 Å². The van der Waals surface area contributed by atoms with Crippen LogP contribution in [-0.2, 0) is 6.18 Å². The highest BCUT2D eigenvalue weighted by atomic mass is 35.5. The minimum atomic E-state index is -4.53. The summed E-state index contributed by atoms with van der Waals surface area (Å²) in [6, 6.07) is 10.9. The van der Waals surface area contributed by atoms with Gasteiger partial charge < -0.3 is 15.0 Å². The van der Waals surface area contributed by atoms with E-state index in [4.69, 9.17) is 11.6 Å². The lowest BCUT2D eigenvalue weighted by molar-refractivity contribution is -0.137. The largest absolute Gasteiger partial charge is 0.506 e. The summed E-state index contributed by atoms with van der Waals surface area (Å²) in [6.07, 6.45) is -4.53. The molecule has 0 fully saturated rings. The van der Waals surface area contributed by atoms with Gasteiger partial charge in [0.15, 0.2) is 0 Å². The number of halogens is 4. The Labute approximate surface area is 164 Å². The number of aromatic hydroxyl groups is 1. The summed E-state index contributed by atoms with van der Waals surface area (Å²) in [5, 5.41) is 12.7. The van der Waals surface area contributed by atoms with E-state index >= 15 is 0 Å². The minimum absolute atomic E-state index is 0.0605. The van der Waals surface area contributed by atoms with Crippen LogP contribution in [0.4, 0.5) is 18.9 Å². The molecular formula is C20H16ClF3N2O2. The third-order valence-corrected chi connectivity index (χ3v) is 4.57. The van der Waals surface area contributed by atoms with Crippen LogP contribution in [0.15, 0.2) is 48.5 Å². The van der Waals surface area contributed by atoms with E-state index in [1.165, 1.54) is 47.0 Å². The van der Waals surface area contributed by atoms with Gasteiger partial charge in [-0.1, -0.05) is 23.7 Å². The van der Waals surface area contributed by atoms with Gasteiger partial charge in [-0.2, -0.15) is 13.2 Å². The van der Waals surface area contributed by atoms with Gasteiger partial charge in [0, 0.05) is 16.4 Å². The maximum atomic E-state index is 13.4. The number of anilines is 1. The Morgan fingerprint density at radius 1 is 1.11 bits per heavy atom. The summed E-state index contributed by atoms with van der Waals surface area (Å²) in [7, 11) is 0. The summed E-state index contributed by atoms with van der Waals surface area (Å²) in [5.41, 5.74) is 0.251. The van der Waals surface area contributed by atoms with Crippen LogP contribution in [0.2, 0.25) is 5.02 Å². The van der Waals surface area contributed by atoms with Gasteiger partial charge in [-0.05, 0) is 50.2 Å². The van der Waals surface area contributed by atoms with E-state index in [1.54, 1.807) is 13.8 Å². The molecule has 0 atom stereocenters. The number of amides is 1. The number of aromatic nitrogens is 1. The number of hydrogen-bond acceptors (Lipinski definition) is 2. The van der Waals surface area contributed by atoms with Crippen LogP contribution in [0.5, 0.6) is 5.75 Å². The maximum Gasteiger partial charge on any atom is 0.418 e. The van der Waals surface area contributed by atoms with Gasteiger partial charge >= 0.3 is 6.18 Å². The first-order valence-electron chi connectivity index (χ1n) is 8.25. The highest BCUT2D eigenvalue weighted by Crippen LogP contribution is 2.35. The van der Waals surface area contributed by atoms with E-state index in [0.717, 1.165) is 6.07 Å². The maximum absolute atomic E-state index is 13.4. The SMILES string of the molecule is Cc1cc(C(=O)Nc2cc(Cl)ccc2O)c(C)n1-c1ccccc1C(F)(F)F. The number of para-hydroxylation sites is 1. The Hall–Kier alpha value is -2.93. The first kappa shape index (κ1) is 19.8. The second kappa shape index (κ2) is 7.24. The Bertz CT molecular complexity index is 1060. The Balaban J connectivity index is 2.04. The second-order valence-electron chi connectivity index (χ2n) is 6.25. The fourth-order valence-corrected chi connectivity index (χ4v) is 3.24. The summed E-state index contributed by atoms with van der Waals surface area (Å²) in [4.78, 5) is 12.7. The number of phenols is 1. The molecular weight excluding hydrogens is 393 g/mol. The molecule has 0 spiro atoms. The molecule has 0 aliphatic carbocycles. The average molecular weight is 409 g/mol. The Kier molecular flexibility index (Phi) is 5.12. The van der Waals surface area contributed by atoms with Crippen LogP contribution in [-0.4, -0.2) is 15.6 Å². The molecule has 3 aromatic rings. The fraction of sp³-hybridized carbons (Fsp3) is 0.150. The monoisotopic (exact) mass is 408 g/mol. The molecule has 2 aromatic carbocycles. The molecule has 0 saturated heterocycles. The highest BCUT2D eigenvalue weighted by molar-refractivity contribution is 6.31. The van der Waals surface area contributed by atoms with Crippen LogP contribution in [0.25, 0.3) is 5.69 Å². The first-order valence-corrected chi connectivity index (χ1v) is 8.63. The van der Waals surface area contributed by atoms with Crippen molar-refractivity contribution >= 4 is 23.2 Å². The molecule has 3 rings (SSSR count). The van der Waals surface area contributed by atoms with E-state index in [9.17, 15) is 23.1 Å². The van der Waals surface area contributed by atoms with Crippen molar-refractivity contribution in [2.24, 2.45) is 0 Å². The summed E-state index contributed by atoms with van der Waals surface area (Å²) >= 11 is 5.87. The van der Waals surface area contributed by atoms with Crippen LogP contribution >= 0.6 is 11.6 Å². The predicted molar refractivity (Wildman–Crippen MR) is 101 cm³/mol. The lowest BCUT2D eigenvalue weighted by atomic mass is 10.1. The van der Waals surface area contributed by atoms with E-state index in [2.05, 4.69) is 5.32 Å². The average Bonchev–Trinajstić information content (AvgIpc) is 2.92. The zero-order valence-corrected chi connectivity index (χ0v) is 15.7. The predicted octanol–water partition coefficient (Wildman–Crippen LogP) is 5.72. The highest BCUT2D eigenvalue weighted by Gasteiger charge is 2.34. The van der Waals surface area contributed by atoms with Crippen molar-refractivity contribution in [1.29, 1.82) is 0 Å². The van der Waals surface area contributed by atoms with Gasteiger partial charge in [-0.25, -0.2) is 0 Å². The second-order valence-corrected chi connectivity index (χ2v) is 6.69. The molecule has 8 heteroatoms. The molecule has 0 radical (unpaired) electrons. The third kappa shape index (κ3) is 3.71. The minimum Gasteiger partial charge on any atom is -0.506 e. The number of alkyl halides is 3.